The van der Waals surface area contributed by atoms with Gasteiger partial charge in [-0.2, -0.15) is 10.5 Å². The second-order valence-corrected chi connectivity index (χ2v) is 7.39. The minimum absolute atomic E-state index is 0.316. The molecule has 0 unspecified atom stereocenters. The maximum atomic E-state index is 9.97. The van der Waals surface area contributed by atoms with E-state index in [2.05, 4.69) is 17.1 Å². The average molecular weight is 332 g/mol. The first-order valence-electron chi connectivity index (χ1n) is 6.85. The maximum Gasteiger partial charge on any atom is 0.277 e. The smallest absolute Gasteiger partial charge is 0.277 e. The van der Waals surface area contributed by atoms with E-state index in [1.807, 2.05) is 12.1 Å². The number of hydrogen-bond donors (Lipinski definition) is 2. The Kier molecular flexibility index (Phi) is 2.64. The molecule has 22 heavy (non-hydrogen) atoms. The number of nitrogens with one attached hydrogen (secondary N) is 1. The first-order valence-corrected chi connectivity index (χ1v) is 8.21. The summed E-state index contributed by atoms with van der Waals surface area (Å²) in [5, 5.41) is 19.4. The summed E-state index contributed by atoms with van der Waals surface area (Å²) in [6, 6.07) is 11.9. The number of thioether (sulfide) groups is 1. The Morgan fingerprint density at radius 3 is 2.82 bits per heavy atom. The monoisotopic (exact) mass is 331 g/mol. The zero-order valence-electron chi connectivity index (χ0n) is 11.5. The van der Waals surface area contributed by atoms with Gasteiger partial charge < -0.3 is 4.74 Å². The molecule has 3 N–H and O–H groups in total. The number of halogens is 1. The van der Waals surface area contributed by atoms with Gasteiger partial charge in [-0.05, 0) is 17.7 Å². The molecule has 1 aromatic rings. The Bertz CT molecular complexity index is 791. The minimum atomic E-state index is -1.08. The average Bonchev–Trinajstić information content (AvgIpc) is 2.77. The lowest BCUT2D eigenvalue weighted by molar-refractivity contribution is -0.583. The zero-order valence-corrected chi connectivity index (χ0v) is 13.0. The maximum absolute atomic E-state index is 9.97. The largest absolute Gasteiger partial charge is 0.327 e. The second-order valence-electron chi connectivity index (χ2n) is 5.68. The van der Waals surface area contributed by atoms with Crippen molar-refractivity contribution >= 4 is 29.2 Å². The number of nitrogens with zero attached hydrogens (tertiary/aromatic N) is 2. The van der Waals surface area contributed by atoms with Crippen LogP contribution in [0.25, 0.3) is 0 Å². The molecule has 1 spiro atoms. The molecule has 5 nitrogen and oxygen atoms in total. The molecular weight excluding hydrogens is 320 g/mol. The Morgan fingerprint density at radius 2 is 2.23 bits per heavy atom. The van der Waals surface area contributed by atoms with E-state index in [0.717, 1.165) is 11.3 Å². The zero-order chi connectivity index (χ0) is 15.6. The van der Waals surface area contributed by atoms with Crippen LogP contribution in [-0.4, -0.2) is 23.3 Å². The van der Waals surface area contributed by atoms with Gasteiger partial charge in [-0.15, -0.1) is 0 Å². The third-order valence-corrected chi connectivity index (χ3v) is 6.43. The molecule has 0 bridgehead atoms. The van der Waals surface area contributed by atoms with Gasteiger partial charge in [-0.1, -0.05) is 35.5 Å². The molecule has 2 aliphatic heterocycles. The van der Waals surface area contributed by atoms with Crippen LogP contribution in [0.15, 0.2) is 24.3 Å². The molecule has 0 amide bonds. The number of ether oxygens (including phenoxy) is 1. The van der Waals surface area contributed by atoms with Crippen molar-refractivity contribution in [3.05, 3.63) is 34.9 Å². The summed E-state index contributed by atoms with van der Waals surface area (Å²) in [5.41, 5.74) is 4.88. The summed E-state index contributed by atoms with van der Waals surface area (Å²) in [7, 11) is 0. The van der Waals surface area contributed by atoms with Crippen LogP contribution in [0, 0.1) is 33.5 Å². The molecule has 0 aromatic heterocycles. The van der Waals surface area contributed by atoms with Gasteiger partial charge in [0, 0.05) is 16.7 Å². The Morgan fingerprint density at radius 1 is 1.41 bits per heavy atom. The minimum Gasteiger partial charge on any atom is -0.327 e. The van der Waals surface area contributed by atoms with E-state index in [1.54, 1.807) is 12.1 Å². The van der Waals surface area contributed by atoms with Gasteiger partial charge in [-0.25, -0.2) is 4.99 Å². The fourth-order valence-corrected chi connectivity index (χ4v) is 5.56. The van der Waals surface area contributed by atoms with E-state index >= 15 is 0 Å². The van der Waals surface area contributed by atoms with E-state index in [0.29, 0.717) is 17.5 Å². The van der Waals surface area contributed by atoms with Crippen molar-refractivity contribution in [2.75, 3.05) is 12.4 Å². The summed E-state index contributed by atoms with van der Waals surface area (Å²) in [6.07, 6.45) is 0. The van der Waals surface area contributed by atoms with Crippen LogP contribution in [0.5, 0.6) is 0 Å². The number of hydrogen-bond acceptors (Lipinski definition) is 5. The third kappa shape index (κ3) is 1.24. The Balaban J connectivity index is 1.94. The highest BCUT2D eigenvalue weighted by atomic mass is 35.5. The highest BCUT2D eigenvalue weighted by Gasteiger charge is 2.96. The van der Waals surface area contributed by atoms with Crippen LogP contribution in [0.2, 0.25) is 5.02 Å². The highest BCUT2D eigenvalue weighted by molar-refractivity contribution is 8.00. The number of nitriles is 2. The van der Waals surface area contributed by atoms with Crippen molar-refractivity contribution in [2.24, 2.45) is 16.6 Å². The molecule has 1 saturated heterocycles. The van der Waals surface area contributed by atoms with E-state index in [-0.39, 0.29) is 5.92 Å². The van der Waals surface area contributed by atoms with Crippen molar-refractivity contribution < 1.29 is 9.73 Å². The lowest BCUT2D eigenvalue weighted by atomic mass is 9.95. The van der Waals surface area contributed by atoms with Crippen LogP contribution < -0.4 is 10.7 Å². The summed E-state index contributed by atoms with van der Waals surface area (Å²) in [5.74, 6) is 0.726. The number of fused-ring (bicyclic) bond motifs is 2. The lowest BCUT2D eigenvalue weighted by Crippen LogP contribution is -2.88. The van der Waals surface area contributed by atoms with E-state index in [9.17, 15) is 10.5 Å². The fourth-order valence-electron chi connectivity index (χ4n) is 4.00. The van der Waals surface area contributed by atoms with E-state index < -0.39 is 15.9 Å². The van der Waals surface area contributed by atoms with E-state index in [1.165, 1.54) is 11.8 Å². The van der Waals surface area contributed by atoms with Gasteiger partial charge in [0.2, 0.25) is 0 Å². The Hall–Kier alpha value is -1.73. The van der Waals surface area contributed by atoms with Gasteiger partial charge in [0.25, 0.3) is 10.9 Å². The normalized spacial score (nSPS) is 41.6. The first-order chi connectivity index (χ1) is 10.6. The molecule has 3 aliphatic rings. The van der Waals surface area contributed by atoms with Crippen molar-refractivity contribution in [1.82, 2.24) is 0 Å². The number of benzene rings is 1. The lowest BCUT2D eigenvalue weighted by Gasteiger charge is -2.23. The van der Waals surface area contributed by atoms with Crippen LogP contribution in [-0.2, 0) is 4.74 Å². The van der Waals surface area contributed by atoms with Crippen LogP contribution in [0.3, 0.4) is 0 Å². The molecule has 110 valence electrons. The van der Waals surface area contributed by atoms with Crippen molar-refractivity contribution in [3.8, 4) is 12.1 Å². The van der Waals surface area contributed by atoms with E-state index in [4.69, 9.17) is 22.1 Å². The molecule has 4 atom stereocenters. The summed E-state index contributed by atoms with van der Waals surface area (Å²) in [6.45, 7) is 0.526. The summed E-state index contributed by atoms with van der Waals surface area (Å²) >= 11 is 7.59. The molecule has 1 aromatic carbocycles. The number of amidine groups is 1. The third-order valence-electron chi connectivity index (χ3n) is 4.88. The fraction of sp³-hybridized carbons (Fsp3) is 0.400. The van der Waals surface area contributed by atoms with Crippen molar-refractivity contribution in [3.63, 3.8) is 0 Å². The summed E-state index contributed by atoms with van der Waals surface area (Å²) < 4.78 is 5.87. The predicted molar refractivity (Wildman–Crippen MR) is 81.6 cm³/mol. The first kappa shape index (κ1) is 13.9. The molecule has 1 aliphatic carbocycles. The van der Waals surface area contributed by atoms with Gasteiger partial charge in [0.05, 0.1) is 18.7 Å². The molecule has 4 rings (SSSR count). The molecule has 7 heteroatoms. The van der Waals surface area contributed by atoms with Crippen molar-refractivity contribution in [2.45, 2.75) is 11.0 Å². The van der Waals surface area contributed by atoms with Crippen LogP contribution in [0.1, 0.15) is 11.5 Å². The van der Waals surface area contributed by atoms with Gasteiger partial charge in [0.1, 0.15) is 0 Å². The topological polar surface area (TPSA) is 96.8 Å². The Labute approximate surface area is 136 Å². The van der Waals surface area contributed by atoms with Crippen LogP contribution in [0.4, 0.5) is 0 Å². The second kappa shape index (κ2) is 4.17. The molecule has 2 fully saturated rings. The van der Waals surface area contributed by atoms with Crippen LogP contribution >= 0.6 is 23.4 Å². The summed E-state index contributed by atoms with van der Waals surface area (Å²) in [4.78, 5) is 3.08. The quantitative estimate of drug-likeness (QED) is 0.772. The predicted octanol–water partition coefficient (Wildman–Crippen LogP) is 0.326. The number of nitrogens with two attached hydrogens (primary N) is 1. The van der Waals surface area contributed by atoms with Gasteiger partial charge in [0.15, 0.2) is 10.8 Å². The molecule has 1 saturated carbocycles. The molecule has 0 radical (unpaired) electrons. The number of rotatable bonds is 1. The molecule has 2 heterocycles. The van der Waals surface area contributed by atoms with Gasteiger partial charge in [-0.3, -0.25) is 5.73 Å². The highest BCUT2D eigenvalue weighted by Crippen LogP contribution is 2.80. The molecular formula is C15H12ClN4OS+. The SMILES string of the molecule is N#C[C@@]12[C@@H](c3cccc(Cl)c3)[C@]1(C#N)C(N)=[NH+][C@@]21OCCS1. The van der Waals surface area contributed by atoms with Gasteiger partial charge >= 0.3 is 0 Å². The standard InChI is InChI=1S/C15H11ClN4OS/c16-10-3-1-2-9(6-10)11-13(7-17)12(19)20-15(14(11,13)8-18)21-4-5-22-15/h1-3,6,11H,4-5H2,(H2,19,20)/p+1/t11-,13+,14+,15+/m0/s1. The van der Waals surface area contributed by atoms with Crippen molar-refractivity contribution in [1.29, 1.82) is 10.5 Å².